The Morgan fingerprint density at radius 1 is 1.33 bits per heavy atom. The van der Waals surface area contributed by atoms with Gasteiger partial charge in [-0.2, -0.15) is 0 Å². The summed E-state index contributed by atoms with van der Waals surface area (Å²) in [5.41, 5.74) is 10.3. The van der Waals surface area contributed by atoms with Crippen molar-refractivity contribution in [2.45, 2.75) is 26.2 Å². The summed E-state index contributed by atoms with van der Waals surface area (Å²) in [6.45, 7) is 2.17. The molecule has 0 spiro atoms. The van der Waals surface area contributed by atoms with Gasteiger partial charge in [0, 0.05) is 13.0 Å². The summed E-state index contributed by atoms with van der Waals surface area (Å²) in [5, 5.41) is 2.68. The lowest BCUT2D eigenvalue weighted by Gasteiger charge is -2.09. The summed E-state index contributed by atoms with van der Waals surface area (Å²) in [4.78, 5) is 21.9. The van der Waals surface area contributed by atoms with Crippen LogP contribution in [0.15, 0.2) is 0 Å². The molecule has 0 aliphatic heterocycles. The second kappa shape index (κ2) is 7.17. The Hall–Kier alpha value is -1.17. The molecule has 0 heterocycles. The average molecular weight is 231 g/mol. The van der Waals surface area contributed by atoms with Gasteiger partial charge >= 0.3 is 0 Å². The number of rotatable bonds is 7. The van der Waals surface area contributed by atoms with Gasteiger partial charge in [-0.15, -0.1) is 0 Å². The number of carbonyl (C=O) groups is 2. The van der Waals surface area contributed by atoms with Crippen molar-refractivity contribution in [3.63, 3.8) is 0 Å². The highest BCUT2D eigenvalue weighted by Crippen LogP contribution is 1.96. The summed E-state index contributed by atoms with van der Waals surface area (Å²) in [6, 6.07) is 0. The van der Waals surface area contributed by atoms with Crippen LogP contribution >= 0.6 is 12.2 Å². The number of nitrogens with one attached hydrogen (secondary N) is 1. The minimum absolute atomic E-state index is 0.179. The third-order valence-corrected chi connectivity index (χ3v) is 2.32. The number of carbonyl (C=O) groups excluding carboxylic acids is 2. The zero-order valence-electron chi connectivity index (χ0n) is 8.79. The number of nitrogens with two attached hydrogens (primary N) is 2. The molecule has 0 aliphatic carbocycles. The summed E-state index contributed by atoms with van der Waals surface area (Å²) in [6.07, 6.45) is 1.75. The van der Waals surface area contributed by atoms with Crippen LogP contribution in [0.5, 0.6) is 0 Å². The molecule has 0 saturated carbocycles. The highest BCUT2D eigenvalue weighted by Gasteiger charge is 2.14. The van der Waals surface area contributed by atoms with E-state index in [0.29, 0.717) is 19.4 Å². The molecule has 0 aromatic rings. The standard InChI is InChI=1S/C9H17N3O2S/c1-6(8(11)15)9(14)12-5-3-2-4-7(10)13/h6H,2-5H2,1H3,(H2,10,13)(H2,11,15)(H,12,14). The lowest BCUT2D eigenvalue weighted by molar-refractivity contribution is -0.122. The SMILES string of the molecule is CC(C(=O)NCCCCC(N)=O)C(N)=S. The zero-order valence-corrected chi connectivity index (χ0v) is 9.60. The van der Waals surface area contributed by atoms with Crippen molar-refractivity contribution >= 4 is 29.0 Å². The fourth-order valence-electron chi connectivity index (χ4n) is 0.918. The molecule has 5 nitrogen and oxygen atoms in total. The van der Waals surface area contributed by atoms with Crippen LogP contribution in [-0.4, -0.2) is 23.3 Å². The first-order valence-corrected chi connectivity index (χ1v) is 5.21. The summed E-state index contributed by atoms with van der Waals surface area (Å²) in [5.74, 6) is -0.949. The van der Waals surface area contributed by atoms with Gasteiger partial charge in [-0.25, -0.2) is 0 Å². The van der Waals surface area contributed by atoms with Crippen molar-refractivity contribution in [2.24, 2.45) is 17.4 Å². The van der Waals surface area contributed by atoms with Crippen molar-refractivity contribution in [2.75, 3.05) is 6.54 Å². The van der Waals surface area contributed by atoms with Gasteiger partial charge in [-0.1, -0.05) is 12.2 Å². The number of hydrogen-bond acceptors (Lipinski definition) is 3. The van der Waals surface area contributed by atoms with E-state index in [1.807, 2.05) is 0 Å². The van der Waals surface area contributed by atoms with Crippen LogP contribution in [0.4, 0.5) is 0 Å². The van der Waals surface area contributed by atoms with E-state index in [-0.39, 0.29) is 16.8 Å². The van der Waals surface area contributed by atoms with Crippen LogP contribution in [0.2, 0.25) is 0 Å². The van der Waals surface area contributed by atoms with Crippen molar-refractivity contribution in [3.8, 4) is 0 Å². The third kappa shape index (κ3) is 6.84. The second-order valence-corrected chi connectivity index (χ2v) is 3.81. The van der Waals surface area contributed by atoms with Gasteiger partial charge < -0.3 is 16.8 Å². The van der Waals surface area contributed by atoms with Gasteiger partial charge in [0.25, 0.3) is 0 Å². The van der Waals surface area contributed by atoms with Gasteiger partial charge in [0.1, 0.15) is 0 Å². The van der Waals surface area contributed by atoms with E-state index < -0.39 is 5.92 Å². The highest BCUT2D eigenvalue weighted by atomic mass is 32.1. The molecule has 1 unspecified atom stereocenters. The van der Waals surface area contributed by atoms with Crippen LogP contribution in [0, 0.1) is 5.92 Å². The van der Waals surface area contributed by atoms with E-state index in [9.17, 15) is 9.59 Å². The van der Waals surface area contributed by atoms with E-state index >= 15 is 0 Å². The lowest BCUT2D eigenvalue weighted by atomic mass is 10.1. The maximum atomic E-state index is 11.3. The van der Waals surface area contributed by atoms with Gasteiger partial charge in [-0.05, 0) is 19.8 Å². The number of hydrogen-bond donors (Lipinski definition) is 3. The average Bonchev–Trinajstić information content (AvgIpc) is 2.15. The minimum Gasteiger partial charge on any atom is -0.393 e. The normalized spacial score (nSPS) is 11.8. The zero-order chi connectivity index (χ0) is 11.8. The molecule has 86 valence electrons. The maximum Gasteiger partial charge on any atom is 0.229 e. The van der Waals surface area contributed by atoms with E-state index in [4.69, 9.17) is 11.5 Å². The van der Waals surface area contributed by atoms with Crippen LogP contribution in [0.3, 0.4) is 0 Å². The van der Waals surface area contributed by atoms with Crippen LogP contribution in [0.25, 0.3) is 0 Å². The molecular formula is C9H17N3O2S. The Bertz CT molecular complexity index is 256. The fraction of sp³-hybridized carbons (Fsp3) is 0.667. The molecule has 2 amide bonds. The Morgan fingerprint density at radius 2 is 1.93 bits per heavy atom. The largest absolute Gasteiger partial charge is 0.393 e. The molecule has 0 saturated heterocycles. The van der Waals surface area contributed by atoms with Crippen LogP contribution in [-0.2, 0) is 9.59 Å². The molecule has 0 bridgehead atoms. The second-order valence-electron chi connectivity index (χ2n) is 3.34. The van der Waals surface area contributed by atoms with E-state index in [2.05, 4.69) is 17.5 Å². The molecule has 1 atom stereocenters. The molecule has 5 N–H and O–H groups in total. The number of thiocarbonyl (C=S) groups is 1. The van der Waals surface area contributed by atoms with Gasteiger partial charge in [0.15, 0.2) is 0 Å². The van der Waals surface area contributed by atoms with Crippen molar-refractivity contribution in [3.05, 3.63) is 0 Å². The number of unbranched alkanes of at least 4 members (excludes halogenated alkanes) is 1. The fourth-order valence-corrected chi connectivity index (χ4v) is 1.03. The van der Waals surface area contributed by atoms with Gasteiger partial charge in [0.2, 0.25) is 11.8 Å². The quantitative estimate of drug-likeness (QED) is 0.413. The molecule has 0 aliphatic rings. The van der Waals surface area contributed by atoms with E-state index in [1.54, 1.807) is 6.92 Å². The molecule has 6 heteroatoms. The van der Waals surface area contributed by atoms with E-state index in [1.165, 1.54) is 0 Å². The molecule has 0 fully saturated rings. The van der Waals surface area contributed by atoms with Gasteiger partial charge in [0.05, 0.1) is 10.9 Å². The summed E-state index contributed by atoms with van der Waals surface area (Å²) < 4.78 is 0. The number of primary amides is 1. The molecule has 0 radical (unpaired) electrons. The van der Waals surface area contributed by atoms with Gasteiger partial charge in [-0.3, -0.25) is 9.59 Å². The Balaban J connectivity index is 3.55. The summed E-state index contributed by atoms with van der Waals surface area (Å²) >= 11 is 4.69. The Labute approximate surface area is 94.6 Å². The Morgan fingerprint density at radius 3 is 2.40 bits per heavy atom. The summed E-state index contributed by atoms with van der Waals surface area (Å²) in [7, 11) is 0. The maximum absolute atomic E-state index is 11.3. The molecule has 0 rings (SSSR count). The molecule has 15 heavy (non-hydrogen) atoms. The first-order chi connectivity index (χ1) is 6.95. The minimum atomic E-state index is -0.448. The van der Waals surface area contributed by atoms with E-state index in [0.717, 1.165) is 6.42 Å². The first-order valence-electron chi connectivity index (χ1n) is 4.80. The first kappa shape index (κ1) is 13.8. The molecule has 0 aromatic carbocycles. The van der Waals surface area contributed by atoms with Crippen molar-refractivity contribution < 1.29 is 9.59 Å². The monoisotopic (exact) mass is 231 g/mol. The Kier molecular flexibility index (Phi) is 6.61. The van der Waals surface area contributed by atoms with Crippen LogP contribution in [0.1, 0.15) is 26.2 Å². The molecular weight excluding hydrogens is 214 g/mol. The molecule has 0 aromatic heterocycles. The van der Waals surface area contributed by atoms with Crippen molar-refractivity contribution in [1.29, 1.82) is 0 Å². The van der Waals surface area contributed by atoms with Crippen LogP contribution < -0.4 is 16.8 Å². The van der Waals surface area contributed by atoms with Crippen molar-refractivity contribution in [1.82, 2.24) is 5.32 Å². The lowest BCUT2D eigenvalue weighted by Crippen LogP contribution is -2.36. The predicted molar refractivity (Wildman–Crippen MR) is 62.0 cm³/mol. The third-order valence-electron chi connectivity index (χ3n) is 1.97. The predicted octanol–water partition coefficient (Wildman–Crippen LogP) is -0.320. The number of amides is 2. The highest BCUT2D eigenvalue weighted by molar-refractivity contribution is 7.80. The topological polar surface area (TPSA) is 98.2 Å². The smallest absolute Gasteiger partial charge is 0.229 e.